The normalized spacial score (nSPS) is 10.9. The molecule has 2 rings (SSSR count). The lowest BCUT2D eigenvalue weighted by Gasteiger charge is -2.22. The third kappa shape index (κ3) is 5.95. The van der Waals surface area contributed by atoms with Crippen molar-refractivity contribution < 1.29 is 32.2 Å². The number of amides is 1. The van der Waals surface area contributed by atoms with Crippen LogP contribution in [0.25, 0.3) is 0 Å². The summed E-state index contributed by atoms with van der Waals surface area (Å²) in [5.41, 5.74) is 0.933. The molecule has 0 bridgehead atoms. The summed E-state index contributed by atoms with van der Waals surface area (Å²) in [6.45, 7) is -0.183. The molecule has 0 heterocycles. The molecule has 8 nitrogen and oxygen atoms in total. The van der Waals surface area contributed by atoms with E-state index in [0.717, 1.165) is 6.26 Å². The summed E-state index contributed by atoms with van der Waals surface area (Å²) in [4.78, 5) is 26.2. The topological polar surface area (TPSA) is 99.2 Å². The van der Waals surface area contributed by atoms with E-state index in [1.807, 2.05) is 0 Å². The minimum absolute atomic E-state index is 0.0926. The number of sulfone groups is 1. The predicted molar refractivity (Wildman–Crippen MR) is 106 cm³/mol. The van der Waals surface area contributed by atoms with Gasteiger partial charge in [0.05, 0.1) is 26.2 Å². The molecule has 0 spiro atoms. The molecule has 2 aromatic rings. The molecule has 2 aromatic carbocycles. The minimum Gasteiger partial charge on any atom is -0.497 e. The Morgan fingerprint density at radius 1 is 0.931 bits per heavy atom. The zero-order valence-corrected chi connectivity index (χ0v) is 17.5. The van der Waals surface area contributed by atoms with Gasteiger partial charge >= 0.3 is 5.97 Å². The highest BCUT2D eigenvalue weighted by Gasteiger charge is 2.21. The lowest BCUT2D eigenvalue weighted by molar-refractivity contribution is -0.141. The fraction of sp³-hybridized carbons (Fsp3) is 0.300. The summed E-state index contributed by atoms with van der Waals surface area (Å²) in [7, 11) is 0.884. The molecule has 0 saturated heterocycles. The highest BCUT2D eigenvalue weighted by molar-refractivity contribution is 7.90. The molecule has 0 unspecified atom stereocenters. The second-order valence-corrected chi connectivity index (χ2v) is 8.27. The smallest absolute Gasteiger partial charge is 0.325 e. The van der Waals surface area contributed by atoms with E-state index in [1.54, 1.807) is 18.2 Å². The molecule has 0 aliphatic heterocycles. The van der Waals surface area contributed by atoms with Crippen LogP contribution in [0.4, 0.5) is 0 Å². The summed E-state index contributed by atoms with van der Waals surface area (Å²) < 4.78 is 38.4. The van der Waals surface area contributed by atoms with Crippen LogP contribution >= 0.6 is 0 Å². The SMILES string of the molecule is COC(=O)CN(Cc1cc(OC)cc(OC)c1)C(=O)c1ccc(S(C)(=O)=O)cc1. The average Bonchev–Trinajstić information content (AvgIpc) is 2.71. The van der Waals surface area contributed by atoms with Crippen LogP contribution in [-0.2, 0) is 25.9 Å². The summed E-state index contributed by atoms with van der Waals surface area (Å²) >= 11 is 0. The van der Waals surface area contributed by atoms with Crippen LogP contribution in [0, 0.1) is 0 Å². The Balaban J connectivity index is 2.35. The zero-order chi connectivity index (χ0) is 21.6. The van der Waals surface area contributed by atoms with Gasteiger partial charge < -0.3 is 19.1 Å². The first-order valence-electron chi connectivity index (χ1n) is 8.56. The lowest BCUT2D eigenvalue weighted by Crippen LogP contribution is -2.35. The Morgan fingerprint density at radius 2 is 1.48 bits per heavy atom. The van der Waals surface area contributed by atoms with Gasteiger partial charge in [0.15, 0.2) is 9.84 Å². The van der Waals surface area contributed by atoms with Crippen molar-refractivity contribution >= 4 is 21.7 Å². The number of carbonyl (C=O) groups excluding carboxylic acids is 2. The van der Waals surface area contributed by atoms with Crippen LogP contribution in [0.3, 0.4) is 0 Å². The predicted octanol–water partition coefficient (Wildman–Crippen LogP) is 1.92. The molecule has 0 aromatic heterocycles. The quantitative estimate of drug-likeness (QED) is 0.601. The third-order valence-electron chi connectivity index (χ3n) is 4.15. The van der Waals surface area contributed by atoms with E-state index in [2.05, 4.69) is 0 Å². The van der Waals surface area contributed by atoms with E-state index in [-0.39, 0.29) is 23.5 Å². The minimum atomic E-state index is -3.38. The van der Waals surface area contributed by atoms with Crippen molar-refractivity contribution in [2.75, 3.05) is 34.1 Å². The second-order valence-electron chi connectivity index (χ2n) is 6.25. The second kappa shape index (κ2) is 9.42. The Morgan fingerprint density at radius 3 is 1.93 bits per heavy atom. The third-order valence-corrected chi connectivity index (χ3v) is 5.28. The fourth-order valence-electron chi connectivity index (χ4n) is 2.63. The van der Waals surface area contributed by atoms with E-state index >= 15 is 0 Å². The number of hydrogen-bond acceptors (Lipinski definition) is 7. The molecule has 9 heteroatoms. The maximum atomic E-state index is 13.0. The van der Waals surface area contributed by atoms with Crippen LogP contribution < -0.4 is 9.47 Å². The first kappa shape index (κ1) is 22.2. The van der Waals surface area contributed by atoms with Crippen molar-refractivity contribution in [1.29, 1.82) is 0 Å². The van der Waals surface area contributed by atoms with Crippen molar-refractivity contribution in [2.24, 2.45) is 0 Å². The van der Waals surface area contributed by atoms with E-state index in [0.29, 0.717) is 17.1 Å². The van der Waals surface area contributed by atoms with Crippen molar-refractivity contribution in [2.45, 2.75) is 11.4 Å². The van der Waals surface area contributed by atoms with Gasteiger partial charge in [-0.05, 0) is 42.0 Å². The van der Waals surface area contributed by atoms with E-state index in [1.165, 1.54) is 50.5 Å². The Labute approximate surface area is 169 Å². The number of methoxy groups -OCH3 is 3. The zero-order valence-electron chi connectivity index (χ0n) is 16.7. The first-order valence-corrected chi connectivity index (χ1v) is 10.4. The fourth-order valence-corrected chi connectivity index (χ4v) is 3.26. The van der Waals surface area contributed by atoms with Gasteiger partial charge in [-0.2, -0.15) is 0 Å². The van der Waals surface area contributed by atoms with Gasteiger partial charge in [0.2, 0.25) is 0 Å². The van der Waals surface area contributed by atoms with Crippen LogP contribution in [0.5, 0.6) is 11.5 Å². The Hall–Kier alpha value is -3.07. The van der Waals surface area contributed by atoms with Gasteiger partial charge in [-0.25, -0.2) is 8.42 Å². The van der Waals surface area contributed by atoms with Gasteiger partial charge in [-0.3, -0.25) is 9.59 Å². The van der Waals surface area contributed by atoms with Crippen LogP contribution in [0.15, 0.2) is 47.4 Å². The Bertz CT molecular complexity index is 962. The van der Waals surface area contributed by atoms with Crippen LogP contribution in [0.1, 0.15) is 15.9 Å². The van der Waals surface area contributed by atoms with Crippen molar-refractivity contribution in [3.8, 4) is 11.5 Å². The lowest BCUT2D eigenvalue weighted by atomic mass is 10.1. The molecule has 156 valence electrons. The van der Waals surface area contributed by atoms with Crippen molar-refractivity contribution in [1.82, 2.24) is 4.90 Å². The van der Waals surface area contributed by atoms with Gasteiger partial charge in [-0.1, -0.05) is 0 Å². The number of carbonyl (C=O) groups is 2. The van der Waals surface area contributed by atoms with E-state index in [4.69, 9.17) is 14.2 Å². The van der Waals surface area contributed by atoms with Gasteiger partial charge in [0.1, 0.15) is 18.0 Å². The number of esters is 1. The number of hydrogen-bond donors (Lipinski definition) is 0. The number of nitrogens with zero attached hydrogens (tertiary/aromatic N) is 1. The summed E-state index contributed by atoms with van der Waals surface area (Å²) in [6.07, 6.45) is 1.09. The molecule has 0 saturated carbocycles. The molecular formula is C20H23NO7S. The van der Waals surface area contributed by atoms with Gasteiger partial charge in [-0.15, -0.1) is 0 Å². The summed E-state index contributed by atoms with van der Waals surface area (Å²) in [6, 6.07) is 10.7. The number of benzene rings is 2. The molecular weight excluding hydrogens is 398 g/mol. The molecule has 0 fully saturated rings. The maximum Gasteiger partial charge on any atom is 0.325 e. The maximum absolute atomic E-state index is 13.0. The molecule has 1 amide bonds. The van der Waals surface area contributed by atoms with E-state index in [9.17, 15) is 18.0 Å². The highest BCUT2D eigenvalue weighted by Crippen LogP contribution is 2.24. The van der Waals surface area contributed by atoms with Gasteiger partial charge in [0, 0.05) is 24.4 Å². The molecule has 29 heavy (non-hydrogen) atoms. The standard InChI is InChI=1S/C20H23NO7S/c1-26-16-9-14(10-17(11-16)27-2)12-21(13-19(22)28-3)20(23)15-5-7-18(8-6-15)29(4,24)25/h5-11H,12-13H2,1-4H3. The first-order chi connectivity index (χ1) is 13.7. The highest BCUT2D eigenvalue weighted by atomic mass is 32.2. The Kier molecular flexibility index (Phi) is 7.22. The number of rotatable bonds is 8. The van der Waals surface area contributed by atoms with E-state index < -0.39 is 21.7 Å². The molecule has 0 radical (unpaired) electrons. The molecule has 0 aliphatic rings. The molecule has 0 aliphatic carbocycles. The average molecular weight is 421 g/mol. The van der Waals surface area contributed by atoms with Crippen LogP contribution in [0.2, 0.25) is 0 Å². The molecule has 0 N–H and O–H groups in total. The molecule has 0 atom stereocenters. The summed E-state index contributed by atoms with van der Waals surface area (Å²) in [5, 5.41) is 0. The van der Waals surface area contributed by atoms with Crippen LogP contribution in [-0.4, -0.2) is 59.3 Å². The number of ether oxygens (including phenoxy) is 3. The summed E-state index contributed by atoms with van der Waals surface area (Å²) in [5.74, 6) is 0.0582. The van der Waals surface area contributed by atoms with Gasteiger partial charge in [0.25, 0.3) is 5.91 Å². The van der Waals surface area contributed by atoms with Crippen molar-refractivity contribution in [3.05, 3.63) is 53.6 Å². The largest absolute Gasteiger partial charge is 0.497 e. The monoisotopic (exact) mass is 421 g/mol. The van der Waals surface area contributed by atoms with Crippen molar-refractivity contribution in [3.63, 3.8) is 0 Å².